The number of fused-ring (bicyclic) bond motifs is 2. The fourth-order valence-electron chi connectivity index (χ4n) is 3.72. The summed E-state index contributed by atoms with van der Waals surface area (Å²) in [6, 6.07) is 1.64. The lowest BCUT2D eigenvalue weighted by atomic mass is 9.95. The zero-order chi connectivity index (χ0) is 9.38. The van der Waals surface area contributed by atoms with Gasteiger partial charge in [0.2, 0.25) is 0 Å². The first kappa shape index (κ1) is 9.17. The lowest BCUT2D eigenvalue weighted by Gasteiger charge is -2.24. The van der Waals surface area contributed by atoms with Crippen LogP contribution >= 0.6 is 0 Å². The summed E-state index contributed by atoms with van der Waals surface area (Å²) >= 11 is 0. The zero-order valence-corrected chi connectivity index (χ0v) is 8.97. The van der Waals surface area contributed by atoms with Crippen molar-refractivity contribution in [2.45, 2.75) is 50.6 Å². The number of rotatable bonds is 3. The number of hydrogen-bond donors (Lipinski definition) is 2. The molecule has 2 aliphatic carbocycles. The molecule has 0 aromatic heterocycles. The molecule has 1 saturated heterocycles. The van der Waals surface area contributed by atoms with E-state index in [1.165, 1.54) is 51.6 Å². The Balaban J connectivity index is 1.44. The van der Waals surface area contributed by atoms with Crippen LogP contribution in [-0.2, 0) is 0 Å². The van der Waals surface area contributed by atoms with Crippen LogP contribution in [0.3, 0.4) is 0 Å². The van der Waals surface area contributed by atoms with Crippen LogP contribution in [0.2, 0.25) is 0 Å². The van der Waals surface area contributed by atoms with E-state index in [-0.39, 0.29) is 0 Å². The normalized spacial score (nSPS) is 46.3. The molecule has 3 rings (SSSR count). The maximum absolute atomic E-state index is 3.79. The van der Waals surface area contributed by atoms with E-state index in [0.29, 0.717) is 0 Å². The molecule has 1 heterocycles. The van der Waals surface area contributed by atoms with Gasteiger partial charge in [0.1, 0.15) is 0 Å². The second kappa shape index (κ2) is 3.82. The zero-order valence-electron chi connectivity index (χ0n) is 8.97. The first-order valence-electron chi connectivity index (χ1n) is 6.38. The Bertz CT molecular complexity index is 198. The molecule has 0 aromatic rings. The Hall–Kier alpha value is -0.0800. The van der Waals surface area contributed by atoms with Crippen molar-refractivity contribution in [1.82, 2.24) is 10.6 Å². The highest BCUT2D eigenvalue weighted by Crippen LogP contribution is 2.44. The van der Waals surface area contributed by atoms with Gasteiger partial charge in [-0.3, -0.25) is 0 Å². The molecule has 14 heavy (non-hydrogen) atoms. The second-order valence-corrected chi connectivity index (χ2v) is 5.48. The molecule has 0 aromatic carbocycles. The summed E-state index contributed by atoms with van der Waals surface area (Å²) in [5.74, 6) is 2.11. The third-order valence-corrected chi connectivity index (χ3v) is 4.53. The lowest BCUT2D eigenvalue weighted by molar-refractivity contribution is 0.340. The Morgan fingerprint density at radius 3 is 2.79 bits per heavy atom. The largest absolute Gasteiger partial charge is 0.313 e. The Morgan fingerprint density at radius 1 is 1.14 bits per heavy atom. The van der Waals surface area contributed by atoms with Crippen LogP contribution in [0.25, 0.3) is 0 Å². The molecule has 2 heteroatoms. The predicted octanol–water partition coefficient (Wildman–Crippen LogP) is 1.52. The van der Waals surface area contributed by atoms with Crippen LogP contribution < -0.4 is 10.6 Å². The molecular weight excluding hydrogens is 172 g/mol. The molecule has 2 N–H and O–H groups in total. The van der Waals surface area contributed by atoms with Gasteiger partial charge in [0.05, 0.1) is 0 Å². The van der Waals surface area contributed by atoms with E-state index in [4.69, 9.17) is 0 Å². The smallest absolute Gasteiger partial charge is 0.0193 e. The van der Waals surface area contributed by atoms with Crippen molar-refractivity contribution in [3.63, 3.8) is 0 Å². The summed E-state index contributed by atoms with van der Waals surface area (Å²) in [6.07, 6.45) is 8.77. The van der Waals surface area contributed by atoms with Crippen molar-refractivity contribution in [3.8, 4) is 0 Å². The van der Waals surface area contributed by atoms with E-state index in [2.05, 4.69) is 10.6 Å². The van der Waals surface area contributed by atoms with Gasteiger partial charge in [-0.15, -0.1) is 0 Å². The lowest BCUT2D eigenvalue weighted by Crippen LogP contribution is -2.41. The standard InChI is InChI=1S/C12H22N2/c1-2-11(13-5-1)8-14-12-7-9-3-4-10(12)6-9/h9-14H,1-8H2. The van der Waals surface area contributed by atoms with Crippen molar-refractivity contribution < 1.29 is 0 Å². The second-order valence-electron chi connectivity index (χ2n) is 5.48. The molecule has 0 amide bonds. The van der Waals surface area contributed by atoms with Crippen molar-refractivity contribution in [2.75, 3.05) is 13.1 Å². The van der Waals surface area contributed by atoms with Crippen LogP contribution in [0.15, 0.2) is 0 Å². The van der Waals surface area contributed by atoms with Gasteiger partial charge < -0.3 is 10.6 Å². The highest BCUT2D eigenvalue weighted by Gasteiger charge is 2.39. The molecule has 1 aliphatic heterocycles. The van der Waals surface area contributed by atoms with Gasteiger partial charge >= 0.3 is 0 Å². The van der Waals surface area contributed by atoms with E-state index in [1.807, 2.05) is 0 Å². The molecule has 2 nitrogen and oxygen atoms in total. The average Bonchev–Trinajstić information content (AvgIpc) is 2.91. The van der Waals surface area contributed by atoms with Crippen LogP contribution in [-0.4, -0.2) is 25.2 Å². The van der Waals surface area contributed by atoms with Crippen LogP contribution in [0.4, 0.5) is 0 Å². The summed E-state index contributed by atoms with van der Waals surface area (Å²) in [5, 5.41) is 7.35. The predicted molar refractivity (Wildman–Crippen MR) is 58.3 cm³/mol. The SMILES string of the molecule is C1CNC(CNC2CC3CCC2C3)C1. The minimum atomic E-state index is 0.772. The van der Waals surface area contributed by atoms with Gasteiger partial charge in [0.25, 0.3) is 0 Å². The minimum absolute atomic E-state index is 0.772. The molecule has 0 radical (unpaired) electrons. The van der Waals surface area contributed by atoms with Crippen LogP contribution in [0.1, 0.15) is 38.5 Å². The van der Waals surface area contributed by atoms with Gasteiger partial charge in [-0.05, 0) is 50.5 Å². The Morgan fingerprint density at radius 2 is 2.14 bits per heavy atom. The molecule has 4 unspecified atom stereocenters. The highest BCUT2D eigenvalue weighted by molar-refractivity contribution is 4.94. The molecule has 2 saturated carbocycles. The maximum atomic E-state index is 3.79. The van der Waals surface area contributed by atoms with Crippen molar-refractivity contribution in [2.24, 2.45) is 11.8 Å². The van der Waals surface area contributed by atoms with Crippen LogP contribution in [0.5, 0.6) is 0 Å². The fraction of sp³-hybridized carbons (Fsp3) is 1.00. The van der Waals surface area contributed by atoms with Gasteiger partial charge in [-0.1, -0.05) is 6.42 Å². The molecule has 4 atom stereocenters. The topological polar surface area (TPSA) is 24.1 Å². The average molecular weight is 194 g/mol. The maximum Gasteiger partial charge on any atom is 0.0193 e. The number of nitrogens with one attached hydrogen (secondary N) is 2. The fourth-order valence-corrected chi connectivity index (χ4v) is 3.72. The minimum Gasteiger partial charge on any atom is -0.313 e. The van der Waals surface area contributed by atoms with Crippen molar-refractivity contribution >= 4 is 0 Å². The summed E-state index contributed by atoms with van der Waals surface area (Å²) < 4.78 is 0. The quantitative estimate of drug-likeness (QED) is 0.712. The first-order valence-corrected chi connectivity index (χ1v) is 6.38. The van der Waals surface area contributed by atoms with E-state index in [0.717, 1.165) is 23.9 Å². The van der Waals surface area contributed by atoms with Crippen molar-refractivity contribution in [3.05, 3.63) is 0 Å². The summed E-state index contributed by atoms with van der Waals surface area (Å²) in [5.41, 5.74) is 0. The summed E-state index contributed by atoms with van der Waals surface area (Å²) in [7, 11) is 0. The Labute approximate surface area is 86.8 Å². The molecule has 2 bridgehead atoms. The Kier molecular flexibility index (Phi) is 2.50. The first-order chi connectivity index (χ1) is 6.92. The van der Waals surface area contributed by atoms with Crippen LogP contribution in [0, 0.1) is 11.8 Å². The molecule has 3 fully saturated rings. The van der Waals surface area contributed by atoms with Crippen molar-refractivity contribution in [1.29, 1.82) is 0 Å². The summed E-state index contributed by atoms with van der Waals surface area (Å²) in [6.45, 7) is 2.46. The summed E-state index contributed by atoms with van der Waals surface area (Å²) in [4.78, 5) is 0. The molecular formula is C12H22N2. The van der Waals surface area contributed by atoms with E-state index in [9.17, 15) is 0 Å². The van der Waals surface area contributed by atoms with Gasteiger partial charge in [0, 0.05) is 18.6 Å². The molecule has 3 aliphatic rings. The van der Waals surface area contributed by atoms with Gasteiger partial charge in [-0.2, -0.15) is 0 Å². The third kappa shape index (κ3) is 1.70. The third-order valence-electron chi connectivity index (χ3n) is 4.53. The van der Waals surface area contributed by atoms with E-state index in [1.54, 1.807) is 0 Å². The molecule has 0 spiro atoms. The number of hydrogen-bond acceptors (Lipinski definition) is 2. The molecule has 80 valence electrons. The monoisotopic (exact) mass is 194 g/mol. The highest BCUT2D eigenvalue weighted by atomic mass is 15.0. The van der Waals surface area contributed by atoms with Gasteiger partial charge in [0.15, 0.2) is 0 Å². The van der Waals surface area contributed by atoms with E-state index < -0.39 is 0 Å². The van der Waals surface area contributed by atoms with E-state index >= 15 is 0 Å². The van der Waals surface area contributed by atoms with Gasteiger partial charge in [-0.25, -0.2) is 0 Å².